The molecule has 1 saturated heterocycles. The smallest absolute Gasteiger partial charge is 0.410 e. The summed E-state index contributed by atoms with van der Waals surface area (Å²) in [5, 5.41) is 0. The van der Waals surface area contributed by atoms with Crippen LogP contribution in [0, 0.1) is 5.92 Å². The molecule has 37 heavy (non-hydrogen) atoms. The monoisotopic (exact) mass is 509 g/mol. The molecular weight excluding hydrogens is 470 g/mol. The highest BCUT2D eigenvalue weighted by atomic mass is 16.6. The molecule has 0 aromatic heterocycles. The van der Waals surface area contributed by atoms with Crippen LogP contribution in [0.5, 0.6) is 0 Å². The van der Waals surface area contributed by atoms with Crippen molar-refractivity contribution in [3.63, 3.8) is 0 Å². The summed E-state index contributed by atoms with van der Waals surface area (Å²) < 4.78 is 23.2. The van der Waals surface area contributed by atoms with E-state index < -0.39 is 17.7 Å². The van der Waals surface area contributed by atoms with Gasteiger partial charge in [-0.05, 0) is 50.8 Å². The van der Waals surface area contributed by atoms with E-state index in [0.717, 1.165) is 11.1 Å². The zero-order chi connectivity index (χ0) is 26.8. The van der Waals surface area contributed by atoms with Gasteiger partial charge in [-0.25, -0.2) is 9.59 Å². The number of ether oxygens (including phenoxy) is 4. The molecule has 2 aromatic rings. The molecule has 1 aliphatic rings. The fourth-order valence-corrected chi connectivity index (χ4v) is 4.19. The Morgan fingerprint density at radius 1 is 0.973 bits per heavy atom. The van der Waals surface area contributed by atoms with Crippen molar-refractivity contribution in [2.24, 2.45) is 5.92 Å². The zero-order valence-corrected chi connectivity index (χ0v) is 22.4. The summed E-state index contributed by atoms with van der Waals surface area (Å²) in [6.07, 6.45) is -0.548. The van der Waals surface area contributed by atoms with Gasteiger partial charge in [-0.1, -0.05) is 67.2 Å². The largest absolute Gasteiger partial charge is 0.459 e. The number of likely N-dealkylation sites (tertiary alicyclic amines) is 1. The third-order valence-corrected chi connectivity index (χ3v) is 6.08. The minimum Gasteiger partial charge on any atom is -0.459 e. The van der Waals surface area contributed by atoms with Gasteiger partial charge in [0, 0.05) is 12.5 Å². The van der Waals surface area contributed by atoms with E-state index in [2.05, 4.69) is 6.58 Å². The van der Waals surface area contributed by atoms with Gasteiger partial charge in [0.2, 0.25) is 0 Å². The highest BCUT2D eigenvalue weighted by molar-refractivity contribution is 5.78. The standard InChI is InChI=1S/C30H39NO6/c1-22(2)27(28(32)36-19-24-14-10-7-11-15-24)35-20-25-16-17-31(29(33)37-30(3,4)5)26(25)21-34-18-23-12-8-6-9-13-23/h6-15,25-27H,1,16-21H2,2-5H3/t25-,26-,27?/m1/s1. The van der Waals surface area contributed by atoms with Crippen molar-refractivity contribution in [3.05, 3.63) is 83.9 Å². The van der Waals surface area contributed by atoms with Crippen molar-refractivity contribution in [1.29, 1.82) is 0 Å². The highest BCUT2D eigenvalue weighted by Gasteiger charge is 2.40. The molecule has 1 aliphatic heterocycles. The third-order valence-electron chi connectivity index (χ3n) is 6.08. The molecule has 2 aromatic carbocycles. The summed E-state index contributed by atoms with van der Waals surface area (Å²) >= 11 is 0. The Kier molecular flexibility index (Phi) is 10.3. The fraction of sp³-hybridized carbons (Fsp3) is 0.467. The molecule has 1 unspecified atom stereocenters. The topological polar surface area (TPSA) is 74.3 Å². The van der Waals surface area contributed by atoms with Crippen molar-refractivity contribution in [2.45, 2.75) is 65.1 Å². The summed E-state index contributed by atoms with van der Waals surface area (Å²) in [5.41, 5.74) is 1.92. The molecular formula is C30H39NO6. The van der Waals surface area contributed by atoms with E-state index in [0.29, 0.717) is 31.8 Å². The Balaban J connectivity index is 1.62. The number of nitrogens with zero attached hydrogens (tertiary/aromatic N) is 1. The number of rotatable bonds is 11. The highest BCUT2D eigenvalue weighted by Crippen LogP contribution is 2.28. The van der Waals surface area contributed by atoms with E-state index in [1.807, 2.05) is 81.4 Å². The summed E-state index contributed by atoms with van der Waals surface area (Å²) in [4.78, 5) is 27.4. The van der Waals surface area contributed by atoms with Gasteiger partial charge in [-0.3, -0.25) is 0 Å². The average molecular weight is 510 g/mol. The molecule has 7 heteroatoms. The van der Waals surface area contributed by atoms with Crippen molar-refractivity contribution in [3.8, 4) is 0 Å². The van der Waals surface area contributed by atoms with Gasteiger partial charge in [0.15, 0.2) is 6.10 Å². The lowest BCUT2D eigenvalue weighted by atomic mass is 10.0. The lowest BCUT2D eigenvalue weighted by Crippen LogP contribution is -2.44. The van der Waals surface area contributed by atoms with Crippen molar-refractivity contribution < 1.29 is 28.5 Å². The lowest BCUT2D eigenvalue weighted by molar-refractivity contribution is -0.157. The van der Waals surface area contributed by atoms with Crippen molar-refractivity contribution >= 4 is 12.1 Å². The molecule has 7 nitrogen and oxygen atoms in total. The van der Waals surface area contributed by atoms with Gasteiger partial charge in [-0.15, -0.1) is 0 Å². The van der Waals surface area contributed by atoms with Crippen LogP contribution in [0.3, 0.4) is 0 Å². The van der Waals surface area contributed by atoms with E-state index in [-0.39, 0.29) is 31.3 Å². The molecule has 3 atom stereocenters. The Labute approximate surface area is 220 Å². The first-order valence-electron chi connectivity index (χ1n) is 12.7. The molecule has 1 fully saturated rings. The molecule has 0 saturated carbocycles. The van der Waals surface area contributed by atoms with E-state index in [1.165, 1.54) is 0 Å². The summed E-state index contributed by atoms with van der Waals surface area (Å²) in [5.74, 6) is -0.512. The second-order valence-corrected chi connectivity index (χ2v) is 10.4. The predicted octanol–water partition coefficient (Wildman–Crippen LogP) is 5.53. The van der Waals surface area contributed by atoms with Gasteiger partial charge < -0.3 is 23.8 Å². The van der Waals surface area contributed by atoms with Crippen LogP contribution in [0.15, 0.2) is 72.8 Å². The first-order chi connectivity index (χ1) is 17.6. The van der Waals surface area contributed by atoms with E-state index in [9.17, 15) is 9.59 Å². The Morgan fingerprint density at radius 3 is 2.14 bits per heavy atom. The second-order valence-electron chi connectivity index (χ2n) is 10.4. The van der Waals surface area contributed by atoms with Gasteiger partial charge in [0.25, 0.3) is 0 Å². The fourth-order valence-electron chi connectivity index (χ4n) is 4.19. The molecule has 0 spiro atoms. The summed E-state index contributed by atoms with van der Waals surface area (Å²) in [6.45, 7) is 12.9. The zero-order valence-electron chi connectivity index (χ0n) is 22.4. The maximum atomic E-state index is 12.9. The minimum absolute atomic E-state index is 0.0351. The van der Waals surface area contributed by atoms with Crippen molar-refractivity contribution in [2.75, 3.05) is 19.8 Å². The molecule has 3 rings (SSSR count). The van der Waals surface area contributed by atoms with Crippen LogP contribution in [0.1, 0.15) is 45.2 Å². The Morgan fingerprint density at radius 2 is 1.57 bits per heavy atom. The van der Waals surface area contributed by atoms with Gasteiger partial charge in [-0.2, -0.15) is 0 Å². The van der Waals surface area contributed by atoms with E-state index in [4.69, 9.17) is 18.9 Å². The molecule has 200 valence electrons. The first kappa shape index (κ1) is 28.4. The Bertz CT molecular complexity index is 1020. The number of amides is 1. The summed E-state index contributed by atoms with van der Waals surface area (Å²) in [7, 11) is 0. The number of hydrogen-bond donors (Lipinski definition) is 0. The average Bonchev–Trinajstić information content (AvgIpc) is 3.26. The molecule has 0 aliphatic carbocycles. The minimum atomic E-state index is -0.884. The molecule has 1 heterocycles. The number of hydrogen-bond acceptors (Lipinski definition) is 6. The van der Waals surface area contributed by atoms with E-state index >= 15 is 0 Å². The molecule has 0 bridgehead atoms. The lowest BCUT2D eigenvalue weighted by Gasteiger charge is -2.31. The normalized spacial score (nSPS) is 18.3. The number of carbonyl (C=O) groups excluding carboxylic acids is 2. The van der Waals surface area contributed by atoms with Crippen LogP contribution in [0.2, 0.25) is 0 Å². The van der Waals surface area contributed by atoms with Gasteiger partial charge in [0.1, 0.15) is 12.2 Å². The van der Waals surface area contributed by atoms with Crippen molar-refractivity contribution in [1.82, 2.24) is 4.90 Å². The molecule has 1 amide bonds. The van der Waals surface area contributed by atoms with Gasteiger partial charge >= 0.3 is 12.1 Å². The molecule has 0 N–H and O–H groups in total. The number of carbonyl (C=O) groups is 2. The SMILES string of the molecule is C=C(C)C(OC[C@H]1CCN(C(=O)OC(C)(C)C)[C@@H]1COCc1ccccc1)C(=O)OCc1ccccc1. The maximum Gasteiger partial charge on any atom is 0.410 e. The Hall–Kier alpha value is -3.16. The maximum absolute atomic E-state index is 12.9. The number of esters is 1. The quantitative estimate of drug-likeness (QED) is 0.293. The van der Waals surface area contributed by atoms with Crippen LogP contribution in [0.25, 0.3) is 0 Å². The predicted molar refractivity (Wildman–Crippen MR) is 142 cm³/mol. The first-order valence-corrected chi connectivity index (χ1v) is 12.7. The molecule has 0 radical (unpaired) electrons. The van der Waals surface area contributed by atoms with Crippen LogP contribution < -0.4 is 0 Å². The summed E-state index contributed by atoms with van der Waals surface area (Å²) in [6, 6.07) is 19.1. The van der Waals surface area contributed by atoms with Crippen LogP contribution in [0.4, 0.5) is 4.79 Å². The van der Waals surface area contributed by atoms with Crippen LogP contribution in [-0.4, -0.2) is 54.5 Å². The van der Waals surface area contributed by atoms with Gasteiger partial charge in [0.05, 0.1) is 25.9 Å². The van der Waals surface area contributed by atoms with E-state index in [1.54, 1.807) is 11.8 Å². The van der Waals surface area contributed by atoms with Crippen LogP contribution >= 0.6 is 0 Å². The third kappa shape index (κ3) is 9.02. The second kappa shape index (κ2) is 13.4. The van der Waals surface area contributed by atoms with Crippen LogP contribution in [-0.2, 0) is 37.0 Å². The number of benzene rings is 2.